The summed E-state index contributed by atoms with van der Waals surface area (Å²) in [5, 5.41) is 33.5. The lowest BCUT2D eigenvalue weighted by Gasteiger charge is -2.37. The molecule has 1 aromatic carbocycles. The highest BCUT2D eigenvalue weighted by Gasteiger charge is 2.51. The topological polar surface area (TPSA) is 172 Å². The van der Waals surface area contributed by atoms with Crippen LogP contribution in [-0.2, 0) is 0 Å². The second-order valence-electron chi connectivity index (χ2n) is 10.3. The summed E-state index contributed by atoms with van der Waals surface area (Å²) in [7, 11) is 5.55. The fourth-order valence-corrected chi connectivity index (χ4v) is 5.70. The maximum absolute atomic E-state index is 15.0. The number of nitrogens with zero attached hydrogens (tertiary/aromatic N) is 6. The van der Waals surface area contributed by atoms with Gasteiger partial charge < -0.3 is 25.8 Å². The van der Waals surface area contributed by atoms with E-state index in [0.29, 0.717) is 16.5 Å². The van der Waals surface area contributed by atoms with Gasteiger partial charge >= 0.3 is 6.61 Å². The van der Waals surface area contributed by atoms with Crippen LogP contribution in [0.25, 0.3) is 16.9 Å². The third-order valence-electron chi connectivity index (χ3n) is 7.48. The number of carbonyl (C=O) groups is 1. The first kappa shape index (κ1) is 28.0. The lowest BCUT2D eigenvalue weighted by Crippen LogP contribution is -2.53. The summed E-state index contributed by atoms with van der Waals surface area (Å²) in [6, 6.07) is 3.16. The molecule has 2 unspecified atom stereocenters. The smallest absolute Gasteiger partial charge is 0.387 e. The van der Waals surface area contributed by atoms with Gasteiger partial charge in [0.2, 0.25) is 0 Å². The monoisotopic (exact) mass is 581 g/mol. The molecule has 4 aromatic rings. The van der Waals surface area contributed by atoms with Crippen LogP contribution >= 0.6 is 0 Å². The molecule has 4 heterocycles. The van der Waals surface area contributed by atoms with E-state index in [1.807, 2.05) is 0 Å². The number of aliphatic hydroxyl groups excluding tert-OH is 1. The van der Waals surface area contributed by atoms with Gasteiger partial charge in [-0.3, -0.25) is 9.69 Å². The Labute approximate surface area is 237 Å². The molecule has 2 atom stereocenters. The molecule has 3 aromatic heterocycles. The molecule has 2 aliphatic carbocycles. The number of amides is 1. The minimum atomic E-state index is -3.19. The van der Waals surface area contributed by atoms with E-state index in [0.717, 1.165) is 23.6 Å². The van der Waals surface area contributed by atoms with Crippen LogP contribution in [0.1, 0.15) is 58.4 Å². The van der Waals surface area contributed by atoms with Gasteiger partial charge in [-0.1, -0.05) is 6.07 Å². The molecule has 216 valence electrons. The van der Waals surface area contributed by atoms with Crippen molar-refractivity contribution < 1.29 is 38.0 Å². The van der Waals surface area contributed by atoms with Gasteiger partial charge in [0.05, 0.1) is 24.0 Å². The number of rotatable bonds is 4. The zero-order chi connectivity index (χ0) is 29.9. The number of aromatic nitrogens is 5. The summed E-state index contributed by atoms with van der Waals surface area (Å²) in [5.74, 6) is -5.84. The SMILES string of the molecule is NC1CC(O)C1.[B]C(O)(O)N1C(=O)c2cccc(OC(F)F)c2C2CC1c1nn3cc(F)c(-c4cncnc4)nc3c12. The van der Waals surface area contributed by atoms with E-state index in [9.17, 15) is 28.2 Å². The average molecular weight is 581 g/mol. The second-order valence-corrected chi connectivity index (χ2v) is 10.3. The van der Waals surface area contributed by atoms with Gasteiger partial charge in [0, 0.05) is 46.6 Å². The van der Waals surface area contributed by atoms with E-state index in [-0.39, 0.29) is 52.0 Å². The fourth-order valence-electron chi connectivity index (χ4n) is 5.70. The van der Waals surface area contributed by atoms with Crippen molar-refractivity contribution in [2.45, 2.75) is 55.8 Å². The van der Waals surface area contributed by atoms with Gasteiger partial charge in [0.15, 0.2) is 25.1 Å². The third kappa shape index (κ3) is 4.75. The number of hydrogen-bond donors (Lipinski definition) is 4. The van der Waals surface area contributed by atoms with Crippen molar-refractivity contribution in [1.82, 2.24) is 29.5 Å². The number of alkyl halides is 2. The first-order chi connectivity index (χ1) is 19.9. The highest BCUT2D eigenvalue weighted by Crippen LogP contribution is 2.54. The Balaban J connectivity index is 0.000000470. The van der Waals surface area contributed by atoms with Gasteiger partial charge in [0.1, 0.15) is 17.8 Å². The molecule has 1 saturated carbocycles. The summed E-state index contributed by atoms with van der Waals surface area (Å²) in [4.78, 5) is 26.2. The summed E-state index contributed by atoms with van der Waals surface area (Å²) in [5.41, 5.74) is 6.21. The quantitative estimate of drug-likeness (QED) is 0.203. The Morgan fingerprint density at radius 3 is 2.45 bits per heavy atom. The van der Waals surface area contributed by atoms with Crippen LogP contribution < -0.4 is 10.5 Å². The lowest BCUT2D eigenvalue weighted by atomic mass is 9.89. The largest absolute Gasteiger partial charge is 0.434 e. The summed E-state index contributed by atoms with van der Waals surface area (Å²) in [6.07, 6.45) is 6.63. The second kappa shape index (κ2) is 10.3. The minimum Gasteiger partial charge on any atom is -0.434 e. The van der Waals surface area contributed by atoms with E-state index in [1.165, 1.54) is 36.9 Å². The lowest BCUT2D eigenvalue weighted by molar-refractivity contribution is -0.190. The molecule has 1 aliphatic heterocycles. The molecule has 12 nitrogen and oxygen atoms in total. The van der Waals surface area contributed by atoms with Gasteiger partial charge in [-0.25, -0.2) is 23.9 Å². The molecule has 1 amide bonds. The summed E-state index contributed by atoms with van der Waals surface area (Å²) < 4.78 is 47.4. The van der Waals surface area contributed by atoms with E-state index in [1.54, 1.807) is 0 Å². The van der Waals surface area contributed by atoms with E-state index >= 15 is 0 Å². The van der Waals surface area contributed by atoms with Gasteiger partial charge in [0.25, 0.3) is 5.91 Å². The first-order valence-electron chi connectivity index (χ1n) is 12.9. The van der Waals surface area contributed by atoms with Crippen LogP contribution in [0.5, 0.6) is 5.75 Å². The number of fused-ring (bicyclic) bond motifs is 9. The van der Waals surface area contributed by atoms with Crippen LogP contribution in [0, 0.1) is 5.82 Å². The Kier molecular flexibility index (Phi) is 6.88. The number of halogens is 3. The van der Waals surface area contributed by atoms with Crippen LogP contribution in [0.3, 0.4) is 0 Å². The zero-order valence-corrected chi connectivity index (χ0v) is 21.7. The third-order valence-corrected chi connectivity index (χ3v) is 7.48. The number of nitrogens with two attached hydrogens (primary N) is 1. The van der Waals surface area contributed by atoms with Gasteiger partial charge in [-0.15, -0.1) is 0 Å². The zero-order valence-electron chi connectivity index (χ0n) is 21.7. The van der Waals surface area contributed by atoms with E-state index in [4.69, 9.17) is 23.4 Å². The molecule has 1 fully saturated rings. The molecular weight excluding hydrogens is 558 g/mol. The predicted molar refractivity (Wildman–Crippen MR) is 139 cm³/mol. The Bertz CT molecular complexity index is 1660. The van der Waals surface area contributed by atoms with Crippen LogP contribution in [0.4, 0.5) is 13.2 Å². The number of hydrogen-bond acceptors (Lipinski definition) is 10. The molecule has 5 N–H and O–H groups in total. The normalized spacial score (nSPS) is 22.7. The van der Waals surface area contributed by atoms with Crippen molar-refractivity contribution in [2.75, 3.05) is 0 Å². The molecule has 2 radical (unpaired) electrons. The molecule has 0 spiro atoms. The molecule has 2 bridgehead atoms. The summed E-state index contributed by atoms with van der Waals surface area (Å²) in [6.45, 7) is -3.19. The first-order valence-corrected chi connectivity index (χ1v) is 12.9. The van der Waals surface area contributed by atoms with Gasteiger partial charge in [-0.05, 0) is 31.4 Å². The summed E-state index contributed by atoms with van der Waals surface area (Å²) >= 11 is 0. The number of carbonyl (C=O) groups excluding carboxylic acids is 1. The van der Waals surface area contributed by atoms with Crippen molar-refractivity contribution in [3.8, 4) is 17.0 Å². The van der Waals surface area contributed by atoms with Crippen molar-refractivity contribution >= 4 is 19.4 Å². The fraction of sp³-hybridized carbons (Fsp3) is 0.346. The Hall–Kier alpha value is -4.12. The van der Waals surface area contributed by atoms with Crippen LogP contribution in [0.2, 0.25) is 0 Å². The number of aliphatic hydroxyl groups is 3. The minimum absolute atomic E-state index is 0.0133. The van der Waals surface area contributed by atoms with Crippen molar-refractivity contribution in [2.24, 2.45) is 5.73 Å². The maximum atomic E-state index is 15.0. The van der Waals surface area contributed by atoms with Crippen molar-refractivity contribution in [1.29, 1.82) is 0 Å². The van der Waals surface area contributed by atoms with Gasteiger partial charge in [-0.2, -0.15) is 13.9 Å². The molecule has 16 heteroatoms. The molecule has 3 aliphatic rings. The van der Waals surface area contributed by atoms with E-state index < -0.39 is 36.1 Å². The highest BCUT2D eigenvalue weighted by atomic mass is 19.3. The number of benzene rings is 1. The van der Waals surface area contributed by atoms with E-state index in [2.05, 4.69) is 20.1 Å². The Morgan fingerprint density at radius 1 is 1.14 bits per heavy atom. The standard InChI is InChI=1S/C22H14BF3N6O4.C4H9NO/c23-22(34,35)32-13-4-11(15-10(20(32)33)2-1-3-14(15)36-21(25)26)16-18(13)30-31-7-12(24)17(29-19(16)31)9-5-27-8-28-6-9;5-3-1-4(6)2-3/h1-3,5-8,11,13,21,34-35H,4H2;3-4,6H,1-2,5H2. The average Bonchev–Trinajstić information content (AvgIpc) is 3.39. The molecular formula is C26H23BF3N7O5. The van der Waals surface area contributed by atoms with Crippen molar-refractivity contribution in [3.05, 3.63) is 71.3 Å². The molecule has 0 saturated heterocycles. The highest BCUT2D eigenvalue weighted by molar-refractivity contribution is 6.15. The molecule has 7 rings (SSSR count). The number of ether oxygens (including phenoxy) is 1. The predicted octanol–water partition coefficient (Wildman–Crippen LogP) is 1.19. The van der Waals surface area contributed by atoms with Crippen molar-refractivity contribution in [3.63, 3.8) is 0 Å². The molecule has 42 heavy (non-hydrogen) atoms. The Morgan fingerprint density at radius 2 is 1.86 bits per heavy atom. The van der Waals surface area contributed by atoms with Crippen LogP contribution in [0.15, 0.2) is 43.1 Å². The maximum Gasteiger partial charge on any atom is 0.387 e. The van der Waals surface area contributed by atoms with Crippen LogP contribution in [-0.4, -0.2) is 83.1 Å².